The Labute approximate surface area is 188 Å². The van der Waals surface area contributed by atoms with Crippen LogP contribution in [-0.2, 0) is 11.0 Å². The summed E-state index contributed by atoms with van der Waals surface area (Å²) in [6, 6.07) is 5.45. The maximum atomic E-state index is 12.4. The van der Waals surface area contributed by atoms with Crippen LogP contribution in [0.4, 0.5) is 5.69 Å². The van der Waals surface area contributed by atoms with Crippen LogP contribution in [0.5, 0.6) is 5.75 Å². The van der Waals surface area contributed by atoms with E-state index in [0.29, 0.717) is 12.2 Å². The minimum absolute atomic E-state index is 0. The molecule has 1 heterocycles. The molecule has 0 aliphatic carbocycles. The lowest BCUT2D eigenvalue weighted by atomic mass is 10.1. The Morgan fingerprint density at radius 3 is 2.47 bits per heavy atom. The first-order valence-electron chi connectivity index (χ1n) is 11.2. The summed E-state index contributed by atoms with van der Waals surface area (Å²) in [5.41, 5.74) is 1.49. The van der Waals surface area contributed by atoms with Gasteiger partial charge in [-0.2, -0.15) is 0 Å². The van der Waals surface area contributed by atoms with Crippen molar-refractivity contribution < 1.29 is 20.6 Å². The number of unbranched alkanes of at least 4 members (excludes halogenated alkanes) is 1. The van der Waals surface area contributed by atoms with Crippen molar-refractivity contribution in [3.63, 3.8) is 0 Å². The average molecular weight is 447 g/mol. The molecule has 7 heteroatoms. The fourth-order valence-electron chi connectivity index (χ4n) is 2.57. The van der Waals surface area contributed by atoms with E-state index in [1.54, 1.807) is 6.07 Å². The summed E-state index contributed by atoms with van der Waals surface area (Å²) in [5, 5.41) is -0.0563. The van der Waals surface area contributed by atoms with Gasteiger partial charge in [-0.25, -0.2) is 4.21 Å². The normalized spacial score (nSPS) is 14.0. The number of rotatable bonds is 7. The number of nitrogens with zero attached hydrogens (tertiary/aromatic N) is 1. The Kier molecular flexibility index (Phi) is 18.6. The molecule has 2 rings (SSSR count). The van der Waals surface area contributed by atoms with Gasteiger partial charge in [-0.15, -0.1) is 0 Å². The number of benzene rings is 1. The summed E-state index contributed by atoms with van der Waals surface area (Å²) in [7, 11) is -1.36. The highest BCUT2D eigenvalue weighted by Crippen LogP contribution is 2.32. The molecule has 0 radical (unpaired) electrons. The number of anilines is 1. The van der Waals surface area contributed by atoms with Gasteiger partial charge in [0.15, 0.2) is 0 Å². The van der Waals surface area contributed by atoms with Gasteiger partial charge in [-0.1, -0.05) is 54.4 Å². The van der Waals surface area contributed by atoms with E-state index in [4.69, 9.17) is 4.74 Å². The smallest absolute Gasteiger partial charge is 0.263 e. The summed E-state index contributed by atoms with van der Waals surface area (Å²) in [6.07, 6.45) is 5.21. The van der Waals surface area contributed by atoms with Gasteiger partial charge < -0.3 is 15.1 Å². The largest absolute Gasteiger partial charge is 0.491 e. The van der Waals surface area contributed by atoms with E-state index in [0.717, 1.165) is 50.2 Å². The lowest BCUT2D eigenvalue weighted by Gasteiger charge is -2.24. The van der Waals surface area contributed by atoms with Crippen molar-refractivity contribution >= 4 is 22.6 Å². The van der Waals surface area contributed by atoms with E-state index < -0.39 is 11.0 Å². The Hall–Kier alpha value is -1.60. The quantitative estimate of drug-likeness (QED) is 0.628. The monoisotopic (exact) mass is 446 g/mol. The summed E-state index contributed by atoms with van der Waals surface area (Å²) in [4.78, 5) is 14.7. The van der Waals surface area contributed by atoms with Crippen LogP contribution in [0.3, 0.4) is 0 Å². The molecule has 30 heavy (non-hydrogen) atoms. The van der Waals surface area contributed by atoms with E-state index in [1.165, 1.54) is 6.42 Å². The lowest BCUT2D eigenvalue weighted by Crippen LogP contribution is -2.31. The summed E-state index contributed by atoms with van der Waals surface area (Å²) in [5.74, 6) is 0.527. The fraction of sp³-hybridized carbons (Fsp3) is 0.696. The zero-order chi connectivity index (χ0) is 22.2. The molecule has 1 aliphatic rings. The number of hydrogen-bond donors (Lipinski definition) is 1. The van der Waals surface area contributed by atoms with Crippen LogP contribution in [0.1, 0.15) is 92.4 Å². The Balaban J connectivity index is -0.00000103. The second kappa shape index (κ2) is 18.2. The van der Waals surface area contributed by atoms with Crippen LogP contribution in [0.25, 0.3) is 0 Å². The van der Waals surface area contributed by atoms with Gasteiger partial charge in [-0.05, 0) is 44.4 Å². The van der Waals surface area contributed by atoms with Crippen LogP contribution >= 0.6 is 0 Å². The van der Waals surface area contributed by atoms with Gasteiger partial charge >= 0.3 is 0 Å². The molecule has 1 amide bonds. The van der Waals surface area contributed by atoms with Gasteiger partial charge in [-0.3, -0.25) is 9.52 Å². The summed E-state index contributed by atoms with van der Waals surface area (Å²) >= 11 is 0. The third-order valence-electron chi connectivity index (χ3n) is 4.31. The van der Waals surface area contributed by atoms with Gasteiger partial charge in [0.05, 0.1) is 17.5 Å². The van der Waals surface area contributed by atoms with Crippen molar-refractivity contribution in [1.82, 2.24) is 4.72 Å². The summed E-state index contributed by atoms with van der Waals surface area (Å²) < 4.78 is 20.4. The van der Waals surface area contributed by atoms with Crippen LogP contribution in [0, 0.1) is 0 Å². The van der Waals surface area contributed by atoms with Crippen molar-refractivity contribution in [2.24, 2.45) is 0 Å². The molecule has 0 saturated heterocycles. The van der Waals surface area contributed by atoms with E-state index in [1.807, 2.05) is 39.8 Å². The lowest BCUT2D eigenvalue weighted by molar-refractivity contribution is 0.0982. The topological polar surface area (TPSA) is 90.1 Å². The summed E-state index contributed by atoms with van der Waals surface area (Å²) in [6.45, 7) is 16.8. The zero-order valence-electron chi connectivity index (χ0n) is 20.0. The van der Waals surface area contributed by atoms with Crippen LogP contribution < -0.4 is 14.4 Å². The molecular formula is C23H46N2O4S. The second-order valence-electron chi connectivity index (χ2n) is 6.88. The number of fused-ring (bicyclic) bond motifs is 1. The van der Waals surface area contributed by atoms with Gasteiger partial charge in [0.1, 0.15) is 16.7 Å². The highest BCUT2D eigenvalue weighted by Gasteiger charge is 2.20. The molecule has 0 saturated carbocycles. The number of nitrogens with one attached hydrogen (secondary N) is 1. The predicted octanol–water partition coefficient (Wildman–Crippen LogP) is 5.13. The molecule has 178 valence electrons. The van der Waals surface area contributed by atoms with Crippen LogP contribution in [0.15, 0.2) is 18.2 Å². The first kappa shape index (κ1) is 30.6. The molecule has 1 aromatic rings. The minimum atomic E-state index is -1.36. The molecule has 0 aromatic heterocycles. The number of carbonyl (C=O) groups is 1. The molecular weight excluding hydrogens is 400 g/mol. The van der Waals surface area contributed by atoms with E-state index in [-0.39, 0.29) is 18.1 Å². The highest BCUT2D eigenvalue weighted by molar-refractivity contribution is 7.84. The number of carbonyl (C=O) groups excluding carboxylic acids is 1. The first-order chi connectivity index (χ1) is 14.0. The van der Waals surface area contributed by atoms with Crippen molar-refractivity contribution in [2.45, 2.75) is 85.8 Å². The number of amides is 1. The maximum Gasteiger partial charge on any atom is 0.263 e. The number of ether oxygens (including phenoxy) is 1. The predicted molar refractivity (Wildman–Crippen MR) is 132 cm³/mol. The van der Waals surface area contributed by atoms with E-state index in [2.05, 4.69) is 30.4 Å². The number of hydrogen-bond acceptors (Lipinski definition) is 4. The van der Waals surface area contributed by atoms with Gasteiger partial charge in [0, 0.05) is 20.1 Å². The third-order valence-corrected chi connectivity index (χ3v) is 5.76. The Morgan fingerprint density at radius 1 is 1.27 bits per heavy atom. The van der Waals surface area contributed by atoms with Crippen LogP contribution in [0.2, 0.25) is 0 Å². The molecule has 1 aromatic carbocycles. The standard InChI is InChI=1S/C18H28N2O3S.C3H8.C2H6.H2O.H2/c1-4-6-10-20-11-7-12-23-17-9-8-15(13-16(17)20)18(21)19-24(22)14(3)5-2;1-3-2;1-2;;/h8-9,13-14H,4-7,10-12H2,1-3H3,(H,19,21);3H2,1-2H3;1-2H3;1H2;1H/t14-,24?;;;;/m1..../s1. The van der Waals surface area contributed by atoms with Gasteiger partial charge in [0.2, 0.25) is 0 Å². The molecule has 6 nitrogen and oxygen atoms in total. The van der Waals surface area contributed by atoms with Crippen molar-refractivity contribution in [1.29, 1.82) is 0 Å². The average Bonchev–Trinajstić information content (AvgIpc) is 2.95. The zero-order valence-corrected chi connectivity index (χ0v) is 20.9. The molecule has 2 atom stereocenters. The molecule has 0 spiro atoms. The minimum Gasteiger partial charge on any atom is -0.491 e. The molecule has 0 bridgehead atoms. The Bertz CT molecular complexity index is 617. The highest BCUT2D eigenvalue weighted by atomic mass is 32.2. The molecule has 1 unspecified atom stereocenters. The SMILES string of the molecule is CC.CCC.CCCCN1CCCOc2ccc(C(=O)NS(=O)[C@H](C)CC)cc21.O.[HH]. The first-order valence-corrected chi connectivity index (χ1v) is 12.4. The van der Waals surface area contributed by atoms with Gasteiger partial charge in [0.25, 0.3) is 5.91 Å². The van der Waals surface area contributed by atoms with Crippen molar-refractivity contribution in [3.05, 3.63) is 23.8 Å². The van der Waals surface area contributed by atoms with Crippen LogP contribution in [-0.4, -0.2) is 40.5 Å². The van der Waals surface area contributed by atoms with E-state index >= 15 is 0 Å². The van der Waals surface area contributed by atoms with E-state index in [9.17, 15) is 9.00 Å². The van der Waals surface area contributed by atoms with Crippen molar-refractivity contribution in [3.8, 4) is 5.75 Å². The third kappa shape index (κ3) is 10.4. The molecule has 1 aliphatic heterocycles. The molecule has 0 fully saturated rings. The second-order valence-corrected chi connectivity index (χ2v) is 8.48. The fourth-order valence-corrected chi connectivity index (χ4v) is 3.37. The Morgan fingerprint density at radius 2 is 1.90 bits per heavy atom. The maximum absolute atomic E-state index is 12.4. The van der Waals surface area contributed by atoms with Crippen molar-refractivity contribution in [2.75, 3.05) is 24.6 Å². The molecule has 3 N–H and O–H groups in total.